The highest BCUT2D eigenvalue weighted by atomic mass is 16.6. The van der Waals surface area contributed by atoms with Gasteiger partial charge in [-0.15, -0.1) is 0 Å². The first-order valence-electron chi connectivity index (χ1n) is 4.41. The van der Waals surface area contributed by atoms with Gasteiger partial charge >= 0.3 is 11.9 Å². The summed E-state index contributed by atoms with van der Waals surface area (Å²) in [7, 11) is 0. The molecule has 0 saturated carbocycles. The summed E-state index contributed by atoms with van der Waals surface area (Å²) in [6.45, 7) is -0.571. The Balaban J connectivity index is 3.46. The van der Waals surface area contributed by atoms with Gasteiger partial charge in [0.1, 0.15) is 13.2 Å². The Morgan fingerprint density at radius 2 is 1.19 bits per heavy atom. The summed E-state index contributed by atoms with van der Waals surface area (Å²) in [4.78, 5) is 21.3. The fraction of sp³-hybridized carbons (Fsp3) is 0.750. The van der Waals surface area contributed by atoms with Crippen LogP contribution in [0.2, 0.25) is 0 Å². The third-order valence-corrected chi connectivity index (χ3v) is 1.29. The molecule has 0 aromatic carbocycles. The van der Waals surface area contributed by atoms with Crippen molar-refractivity contribution in [1.29, 1.82) is 0 Å². The number of carbonyl (C=O) groups excluding carboxylic acids is 2. The number of esters is 2. The molecule has 0 aliphatic heterocycles. The molecule has 0 heterocycles. The summed E-state index contributed by atoms with van der Waals surface area (Å²) in [5, 5.41) is 36.7. The Morgan fingerprint density at radius 1 is 0.875 bits per heavy atom. The first kappa shape index (κ1) is 14.8. The zero-order chi connectivity index (χ0) is 12.6. The molecule has 0 aromatic rings. The Labute approximate surface area is 91.0 Å². The van der Waals surface area contributed by atoms with Crippen LogP contribution in [-0.2, 0) is 29.3 Å². The Bertz CT molecular complexity index is 200. The summed E-state index contributed by atoms with van der Waals surface area (Å²) >= 11 is 0. The lowest BCUT2D eigenvalue weighted by atomic mass is 10.4. The quantitative estimate of drug-likeness (QED) is 0.309. The number of hydrogen-bond donors (Lipinski definition) is 2. The van der Waals surface area contributed by atoms with Crippen molar-refractivity contribution in [2.45, 2.75) is 25.4 Å². The molecule has 0 aliphatic carbocycles. The summed E-state index contributed by atoms with van der Waals surface area (Å²) < 4.78 is 8.78. The lowest BCUT2D eigenvalue weighted by molar-refractivity contribution is -0.166. The van der Waals surface area contributed by atoms with Crippen molar-refractivity contribution in [2.24, 2.45) is 0 Å². The van der Waals surface area contributed by atoms with Crippen LogP contribution >= 0.6 is 0 Å². The van der Waals surface area contributed by atoms with Gasteiger partial charge in [-0.05, 0) is 0 Å². The second kappa shape index (κ2) is 7.99. The number of rotatable bonds is 7. The predicted octanol–water partition coefficient (Wildman–Crippen LogP) is -1.65. The topological polar surface area (TPSA) is 133 Å². The summed E-state index contributed by atoms with van der Waals surface area (Å²) in [5.74, 6) is -1.83. The molecule has 16 heavy (non-hydrogen) atoms. The van der Waals surface area contributed by atoms with Gasteiger partial charge in [-0.1, -0.05) is 0 Å². The minimum Gasteiger partial charge on any atom is -0.462 e. The largest absolute Gasteiger partial charge is 0.462 e. The fourth-order valence-corrected chi connectivity index (χ4v) is 0.714. The molecule has 0 amide bonds. The van der Waals surface area contributed by atoms with Gasteiger partial charge in [-0.25, -0.2) is 10.2 Å². The molecule has 92 valence electrons. The van der Waals surface area contributed by atoms with Gasteiger partial charge in [0.2, 0.25) is 0 Å². The zero-order valence-electron chi connectivity index (χ0n) is 8.33. The van der Waals surface area contributed by atoms with E-state index in [1.807, 2.05) is 0 Å². The molecule has 2 unspecified atom stereocenters. The van der Waals surface area contributed by atoms with E-state index in [1.165, 1.54) is 0 Å². The van der Waals surface area contributed by atoms with Crippen molar-refractivity contribution in [3.8, 4) is 0 Å². The zero-order valence-corrected chi connectivity index (χ0v) is 8.33. The van der Waals surface area contributed by atoms with Crippen LogP contribution in [0.3, 0.4) is 0 Å². The van der Waals surface area contributed by atoms with E-state index in [-0.39, 0.29) is 13.2 Å². The second-order valence-electron chi connectivity index (χ2n) is 2.76. The predicted molar refractivity (Wildman–Crippen MR) is 44.5 cm³/mol. The van der Waals surface area contributed by atoms with Crippen LogP contribution in [-0.4, -0.2) is 47.9 Å². The average molecular weight is 236 g/mol. The monoisotopic (exact) mass is 236 g/mol. The van der Waals surface area contributed by atoms with Crippen LogP contribution in [0.15, 0.2) is 0 Å². The molecule has 2 atom stereocenters. The number of hydrogen-bond acceptors (Lipinski definition) is 6. The van der Waals surface area contributed by atoms with E-state index < -0.39 is 37.4 Å². The van der Waals surface area contributed by atoms with Gasteiger partial charge in [0.15, 0.2) is 12.6 Å². The maximum Gasteiger partial charge on any atom is 0.311 e. The maximum absolute atomic E-state index is 10.7. The number of ether oxygens (including phenoxy) is 2. The molecule has 0 rings (SSSR count). The van der Waals surface area contributed by atoms with Gasteiger partial charge in [-0.2, -0.15) is 0 Å². The summed E-state index contributed by atoms with van der Waals surface area (Å²) in [5.41, 5.74) is 0. The van der Waals surface area contributed by atoms with Gasteiger partial charge in [0.25, 0.3) is 0 Å². The third kappa shape index (κ3) is 9.34. The highest BCUT2D eigenvalue weighted by molar-refractivity contribution is 5.70. The third-order valence-electron chi connectivity index (χ3n) is 1.29. The standard InChI is InChI=1S/C8H12O8/c9-5(10)3-7(13)15-1-2-16-8(14)4-6(11)12/h5-6,9,11H,1-4H2. The van der Waals surface area contributed by atoms with Gasteiger partial charge in [-0.3, -0.25) is 9.59 Å². The number of aliphatic hydroxyl groups is 2. The van der Waals surface area contributed by atoms with Crippen LogP contribution < -0.4 is 0 Å². The Hall–Kier alpha value is -1.22. The van der Waals surface area contributed by atoms with E-state index in [2.05, 4.69) is 9.47 Å². The molecule has 8 nitrogen and oxygen atoms in total. The summed E-state index contributed by atoms with van der Waals surface area (Å²) in [6.07, 6.45) is -5.45. The van der Waals surface area contributed by atoms with Crippen molar-refractivity contribution >= 4 is 11.9 Å². The van der Waals surface area contributed by atoms with Gasteiger partial charge < -0.3 is 19.7 Å². The molecular weight excluding hydrogens is 224 g/mol. The van der Waals surface area contributed by atoms with Crippen molar-refractivity contribution in [2.75, 3.05) is 13.2 Å². The highest BCUT2D eigenvalue weighted by Crippen LogP contribution is 1.94. The van der Waals surface area contributed by atoms with Gasteiger partial charge in [0, 0.05) is 0 Å². The van der Waals surface area contributed by atoms with Crippen LogP contribution in [0.25, 0.3) is 0 Å². The second-order valence-corrected chi connectivity index (χ2v) is 2.76. The first-order chi connectivity index (χ1) is 7.41. The van der Waals surface area contributed by atoms with Crippen LogP contribution in [0.5, 0.6) is 0 Å². The van der Waals surface area contributed by atoms with Crippen molar-refractivity contribution in [1.82, 2.24) is 0 Å². The molecule has 0 saturated heterocycles. The maximum atomic E-state index is 10.7. The first-order valence-corrected chi connectivity index (χ1v) is 4.41. The molecule has 0 aliphatic rings. The van der Waals surface area contributed by atoms with E-state index in [0.717, 1.165) is 0 Å². The number of carbonyl (C=O) groups is 2. The molecule has 0 fully saturated rings. The smallest absolute Gasteiger partial charge is 0.311 e. The highest BCUT2D eigenvalue weighted by Gasteiger charge is 2.12. The molecule has 0 aromatic heterocycles. The van der Waals surface area contributed by atoms with Crippen molar-refractivity contribution < 1.29 is 39.5 Å². The Kier molecular flexibility index (Phi) is 7.38. The van der Waals surface area contributed by atoms with Crippen LogP contribution in [0.4, 0.5) is 0 Å². The normalized spacial score (nSPS) is 10.6. The van der Waals surface area contributed by atoms with Crippen molar-refractivity contribution in [3.63, 3.8) is 0 Å². The molecule has 0 bridgehead atoms. The van der Waals surface area contributed by atoms with Gasteiger partial charge in [0.05, 0.1) is 12.8 Å². The molecule has 2 radical (unpaired) electrons. The van der Waals surface area contributed by atoms with E-state index in [0.29, 0.717) is 0 Å². The van der Waals surface area contributed by atoms with E-state index in [1.54, 1.807) is 0 Å². The summed E-state index contributed by atoms with van der Waals surface area (Å²) in [6, 6.07) is 0. The van der Waals surface area contributed by atoms with Crippen molar-refractivity contribution in [3.05, 3.63) is 0 Å². The fourth-order valence-electron chi connectivity index (χ4n) is 0.714. The molecule has 0 spiro atoms. The molecule has 8 heteroatoms. The SMILES string of the molecule is [O]C(O)CC(=O)OCCOC(=O)CC([O])O. The van der Waals surface area contributed by atoms with E-state index in [4.69, 9.17) is 10.2 Å². The van der Waals surface area contributed by atoms with Crippen LogP contribution in [0, 0.1) is 0 Å². The van der Waals surface area contributed by atoms with E-state index in [9.17, 15) is 19.8 Å². The number of aliphatic hydroxyl groups excluding tert-OH is 2. The molecule has 2 N–H and O–H groups in total. The molecular formula is C8H12O8. The van der Waals surface area contributed by atoms with E-state index >= 15 is 0 Å². The minimum absolute atomic E-state index is 0.285. The lowest BCUT2D eigenvalue weighted by Gasteiger charge is -2.06. The minimum atomic E-state index is -2.04. The lowest BCUT2D eigenvalue weighted by Crippen LogP contribution is -2.19. The Morgan fingerprint density at radius 3 is 1.44 bits per heavy atom. The average Bonchev–Trinajstić information content (AvgIpc) is 2.10. The van der Waals surface area contributed by atoms with Crippen LogP contribution in [0.1, 0.15) is 12.8 Å².